The summed E-state index contributed by atoms with van der Waals surface area (Å²) in [5.41, 5.74) is 0.831. The van der Waals surface area contributed by atoms with Crippen LogP contribution in [0.15, 0.2) is 30.3 Å². The molecule has 0 saturated heterocycles. The van der Waals surface area contributed by atoms with Gasteiger partial charge in [-0.2, -0.15) is 0 Å². The molecule has 0 aliphatic rings. The van der Waals surface area contributed by atoms with Crippen LogP contribution in [0.5, 0.6) is 11.5 Å². The highest BCUT2D eigenvalue weighted by Crippen LogP contribution is 2.34. The van der Waals surface area contributed by atoms with Gasteiger partial charge in [0.05, 0.1) is 26.3 Å². The Bertz CT molecular complexity index is 950. The van der Waals surface area contributed by atoms with Crippen molar-refractivity contribution in [2.45, 2.75) is 33.2 Å². The molecule has 0 spiro atoms. The minimum atomic E-state index is 0.663. The second-order valence-corrected chi connectivity index (χ2v) is 7.39. The van der Waals surface area contributed by atoms with Crippen molar-refractivity contribution < 1.29 is 9.47 Å². The standard InChI is InChI=1S/C21H25N3O2S/c1-5-6-7-8-15-9-10-16(27-15)13-22-21-17-11-19(25-3)20(26-4)12-18(17)23-14(2)24-21/h7-12H,5-6,13H2,1-4H3,(H,22,23,24)/b8-7+. The third kappa shape index (κ3) is 4.57. The molecule has 2 aromatic heterocycles. The molecule has 0 fully saturated rings. The number of ether oxygens (including phenoxy) is 2. The highest BCUT2D eigenvalue weighted by molar-refractivity contribution is 7.12. The molecule has 1 aromatic carbocycles. The number of hydrogen-bond donors (Lipinski definition) is 1. The molecule has 0 unspecified atom stereocenters. The molecule has 2 heterocycles. The molecular weight excluding hydrogens is 358 g/mol. The first-order valence-electron chi connectivity index (χ1n) is 9.04. The van der Waals surface area contributed by atoms with Crippen LogP contribution in [0.25, 0.3) is 17.0 Å². The number of methoxy groups -OCH3 is 2. The Hall–Kier alpha value is -2.60. The maximum absolute atomic E-state index is 5.43. The number of rotatable bonds is 8. The number of fused-ring (bicyclic) bond motifs is 1. The zero-order chi connectivity index (χ0) is 19.2. The van der Waals surface area contributed by atoms with E-state index < -0.39 is 0 Å². The van der Waals surface area contributed by atoms with Crippen molar-refractivity contribution in [3.8, 4) is 11.5 Å². The average molecular weight is 384 g/mol. The topological polar surface area (TPSA) is 56.3 Å². The van der Waals surface area contributed by atoms with Crippen molar-refractivity contribution in [2.24, 2.45) is 0 Å². The summed E-state index contributed by atoms with van der Waals surface area (Å²) in [7, 11) is 3.26. The Balaban J connectivity index is 1.84. The van der Waals surface area contributed by atoms with Crippen molar-refractivity contribution in [1.82, 2.24) is 9.97 Å². The number of aromatic nitrogens is 2. The molecule has 27 heavy (non-hydrogen) atoms. The molecule has 0 radical (unpaired) electrons. The third-order valence-corrected chi connectivity index (χ3v) is 5.21. The first kappa shape index (κ1) is 19.2. The number of anilines is 1. The van der Waals surface area contributed by atoms with E-state index >= 15 is 0 Å². The maximum atomic E-state index is 5.43. The van der Waals surface area contributed by atoms with E-state index in [0.29, 0.717) is 23.9 Å². The summed E-state index contributed by atoms with van der Waals surface area (Å²) in [6, 6.07) is 8.12. The lowest BCUT2D eigenvalue weighted by atomic mass is 10.2. The van der Waals surface area contributed by atoms with Gasteiger partial charge in [-0.05, 0) is 37.6 Å². The van der Waals surface area contributed by atoms with Gasteiger partial charge in [-0.25, -0.2) is 9.97 Å². The van der Waals surface area contributed by atoms with Crippen molar-refractivity contribution in [3.63, 3.8) is 0 Å². The smallest absolute Gasteiger partial charge is 0.162 e. The third-order valence-electron chi connectivity index (χ3n) is 4.16. The second-order valence-electron chi connectivity index (χ2n) is 6.19. The van der Waals surface area contributed by atoms with E-state index in [4.69, 9.17) is 9.47 Å². The molecule has 6 heteroatoms. The largest absolute Gasteiger partial charge is 0.493 e. The van der Waals surface area contributed by atoms with Crippen LogP contribution in [0, 0.1) is 6.92 Å². The van der Waals surface area contributed by atoms with Gasteiger partial charge in [0.1, 0.15) is 11.6 Å². The number of thiophene rings is 1. The predicted octanol–water partition coefficient (Wildman–Crippen LogP) is 5.44. The Morgan fingerprint density at radius 2 is 1.89 bits per heavy atom. The van der Waals surface area contributed by atoms with Gasteiger partial charge >= 0.3 is 0 Å². The van der Waals surface area contributed by atoms with Crippen LogP contribution in [-0.2, 0) is 6.54 Å². The highest BCUT2D eigenvalue weighted by atomic mass is 32.1. The lowest BCUT2D eigenvalue weighted by Crippen LogP contribution is -2.04. The number of benzene rings is 1. The Morgan fingerprint density at radius 1 is 1.11 bits per heavy atom. The van der Waals surface area contributed by atoms with E-state index in [1.165, 1.54) is 16.2 Å². The lowest BCUT2D eigenvalue weighted by molar-refractivity contribution is 0.356. The molecule has 1 N–H and O–H groups in total. The molecular formula is C21H25N3O2S. The Labute approximate surface area is 164 Å². The van der Waals surface area contributed by atoms with Gasteiger partial charge in [-0.3, -0.25) is 0 Å². The fourth-order valence-electron chi connectivity index (χ4n) is 2.82. The van der Waals surface area contributed by atoms with Crippen LogP contribution in [0.3, 0.4) is 0 Å². The summed E-state index contributed by atoms with van der Waals surface area (Å²) in [5.74, 6) is 2.84. The molecule has 0 atom stereocenters. The summed E-state index contributed by atoms with van der Waals surface area (Å²) in [6.45, 7) is 4.79. The molecule has 0 saturated carbocycles. The summed E-state index contributed by atoms with van der Waals surface area (Å²) >= 11 is 1.79. The van der Waals surface area contributed by atoms with Crippen molar-refractivity contribution in [2.75, 3.05) is 19.5 Å². The molecule has 5 nitrogen and oxygen atoms in total. The summed E-state index contributed by atoms with van der Waals surface area (Å²) < 4.78 is 10.8. The van der Waals surface area contributed by atoms with Gasteiger partial charge in [0, 0.05) is 21.2 Å². The second kappa shape index (κ2) is 8.86. The van der Waals surface area contributed by atoms with Gasteiger partial charge in [-0.15, -0.1) is 11.3 Å². The SMILES string of the molecule is CCC/C=C/c1ccc(CNc2nc(C)nc3cc(OC)c(OC)cc23)s1. The van der Waals surface area contributed by atoms with Gasteiger partial charge in [0.25, 0.3) is 0 Å². The van der Waals surface area contributed by atoms with Crippen LogP contribution in [0.2, 0.25) is 0 Å². The number of allylic oxidation sites excluding steroid dienone is 1. The van der Waals surface area contributed by atoms with Crippen molar-refractivity contribution in [1.29, 1.82) is 0 Å². The maximum Gasteiger partial charge on any atom is 0.162 e. The summed E-state index contributed by atoms with van der Waals surface area (Å²) in [4.78, 5) is 11.6. The number of unbranched alkanes of at least 4 members (excludes halogenated alkanes) is 1. The number of aryl methyl sites for hydroxylation is 1. The van der Waals surface area contributed by atoms with E-state index in [2.05, 4.69) is 46.5 Å². The van der Waals surface area contributed by atoms with E-state index in [0.717, 1.165) is 23.1 Å². The fourth-order valence-corrected chi connectivity index (χ4v) is 3.71. The van der Waals surface area contributed by atoms with Crippen molar-refractivity contribution in [3.05, 3.63) is 45.9 Å². The highest BCUT2D eigenvalue weighted by Gasteiger charge is 2.12. The van der Waals surface area contributed by atoms with Crippen LogP contribution in [0.4, 0.5) is 5.82 Å². The monoisotopic (exact) mass is 383 g/mol. The van der Waals surface area contributed by atoms with Crippen molar-refractivity contribution >= 4 is 34.1 Å². The van der Waals surface area contributed by atoms with E-state index in [-0.39, 0.29) is 0 Å². The van der Waals surface area contributed by atoms with Crippen LogP contribution in [-0.4, -0.2) is 24.2 Å². The first-order valence-corrected chi connectivity index (χ1v) is 9.85. The lowest BCUT2D eigenvalue weighted by Gasteiger charge is -2.12. The molecule has 0 aliphatic heterocycles. The normalized spacial score (nSPS) is 11.3. The van der Waals surface area contributed by atoms with Crippen LogP contribution >= 0.6 is 11.3 Å². The molecule has 0 amide bonds. The molecule has 0 aliphatic carbocycles. The molecule has 3 aromatic rings. The fraction of sp³-hybridized carbons (Fsp3) is 0.333. The molecule has 0 bridgehead atoms. The van der Waals surface area contributed by atoms with Gasteiger partial charge in [-0.1, -0.05) is 19.4 Å². The average Bonchev–Trinajstić information content (AvgIpc) is 3.13. The number of nitrogens with one attached hydrogen (secondary N) is 1. The molecule has 3 rings (SSSR count). The predicted molar refractivity (Wildman–Crippen MR) is 113 cm³/mol. The minimum Gasteiger partial charge on any atom is -0.493 e. The van der Waals surface area contributed by atoms with Crippen LogP contribution < -0.4 is 14.8 Å². The number of nitrogens with zero attached hydrogens (tertiary/aromatic N) is 2. The summed E-state index contributed by atoms with van der Waals surface area (Å²) in [5, 5.41) is 4.37. The molecule has 142 valence electrons. The van der Waals surface area contributed by atoms with E-state index in [1.54, 1.807) is 25.6 Å². The Kier molecular flexibility index (Phi) is 6.29. The zero-order valence-electron chi connectivity index (χ0n) is 16.2. The van der Waals surface area contributed by atoms with Gasteiger partial charge in [0.2, 0.25) is 0 Å². The summed E-state index contributed by atoms with van der Waals surface area (Å²) in [6.07, 6.45) is 6.71. The number of hydrogen-bond acceptors (Lipinski definition) is 6. The Morgan fingerprint density at radius 3 is 2.63 bits per heavy atom. The minimum absolute atomic E-state index is 0.663. The first-order chi connectivity index (χ1) is 13.1. The zero-order valence-corrected chi connectivity index (χ0v) is 17.0. The van der Waals surface area contributed by atoms with Gasteiger partial charge in [0.15, 0.2) is 11.5 Å². The quantitative estimate of drug-likeness (QED) is 0.561. The van der Waals surface area contributed by atoms with Crippen LogP contribution in [0.1, 0.15) is 35.3 Å². The van der Waals surface area contributed by atoms with Gasteiger partial charge < -0.3 is 14.8 Å². The van der Waals surface area contributed by atoms with E-state index in [9.17, 15) is 0 Å². The van der Waals surface area contributed by atoms with E-state index in [1.807, 2.05) is 19.1 Å².